The molecule has 3 rings (SSSR count). The summed E-state index contributed by atoms with van der Waals surface area (Å²) < 4.78 is 0. The van der Waals surface area contributed by atoms with Gasteiger partial charge in [-0.15, -0.1) is 0 Å². The van der Waals surface area contributed by atoms with Crippen molar-refractivity contribution in [2.24, 2.45) is 5.73 Å². The third kappa shape index (κ3) is 3.78. The molecule has 23 heavy (non-hydrogen) atoms. The molecule has 0 atom stereocenters. The van der Waals surface area contributed by atoms with E-state index in [4.69, 9.17) is 5.73 Å². The fourth-order valence-electron chi connectivity index (χ4n) is 3.03. The average molecular weight is 309 g/mol. The lowest BCUT2D eigenvalue weighted by Gasteiger charge is -2.35. The molecule has 0 spiro atoms. The van der Waals surface area contributed by atoms with Crippen molar-refractivity contribution in [3.63, 3.8) is 0 Å². The van der Waals surface area contributed by atoms with E-state index in [9.17, 15) is 4.79 Å². The maximum atomic E-state index is 12.7. The van der Waals surface area contributed by atoms with Crippen LogP contribution in [0.5, 0.6) is 0 Å². The van der Waals surface area contributed by atoms with Gasteiger partial charge in [0.25, 0.3) is 5.91 Å². The SMILES string of the molecule is NCc1ccccc1C(=O)N1CCN(Cc2ccccc2)CC1. The number of nitrogens with two attached hydrogens (primary N) is 1. The van der Waals surface area contributed by atoms with Crippen LogP contribution in [0, 0.1) is 0 Å². The molecular weight excluding hydrogens is 286 g/mol. The molecule has 2 aromatic carbocycles. The summed E-state index contributed by atoms with van der Waals surface area (Å²) in [6.45, 7) is 4.70. The highest BCUT2D eigenvalue weighted by atomic mass is 16.2. The standard InChI is InChI=1S/C19H23N3O/c20-14-17-8-4-5-9-18(17)19(23)22-12-10-21(11-13-22)15-16-6-2-1-3-7-16/h1-9H,10-15,20H2. The molecule has 1 amide bonds. The largest absolute Gasteiger partial charge is 0.336 e. The van der Waals surface area contributed by atoms with Crippen molar-refractivity contribution in [1.82, 2.24) is 9.80 Å². The van der Waals surface area contributed by atoms with E-state index in [1.807, 2.05) is 35.2 Å². The van der Waals surface area contributed by atoms with Crippen molar-refractivity contribution in [1.29, 1.82) is 0 Å². The lowest BCUT2D eigenvalue weighted by atomic mass is 10.1. The van der Waals surface area contributed by atoms with Crippen LogP contribution in [0.15, 0.2) is 54.6 Å². The first-order valence-corrected chi connectivity index (χ1v) is 8.11. The van der Waals surface area contributed by atoms with E-state index >= 15 is 0 Å². The molecule has 0 bridgehead atoms. The number of piperazine rings is 1. The zero-order chi connectivity index (χ0) is 16.1. The van der Waals surface area contributed by atoms with Gasteiger partial charge in [-0.1, -0.05) is 48.5 Å². The van der Waals surface area contributed by atoms with Crippen LogP contribution in [0.1, 0.15) is 21.5 Å². The predicted octanol–water partition coefficient (Wildman–Crippen LogP) is 2.10. The molecule has 2 aromatic rings. The van der Waals surface area contributed by atoms with Crippen molar-refractivity contribution in [3.05, 3.63) is 71.3 Å². The van der Waals surface area contributed by atoms with Gasteiger partial charge in [0.1, 0.15) is 0 Å². The molecule has 0 aromatic heterocycles. The van der Waals surface area contributed by atoms with Crippen molar-refractivity contribution >= 4 is 5.91 Å². The summed E-state index contributed by atoms with van der Waals surface area (Å²) in [5.74, 6) is 0.102. The van der Waals surface area contributed by atoms with Gasteiger partial charge in [0, 0.05) is 44.8 Å². The number of hydrogen-bond donors (Lipinski definition) is 1. The third-order valence-corrected chi connectivity index (χ3v) is 4.38. The van der Waals surface area contributed by atoms with E-state index in [1.54, 1.807) is 0 Å². The first-order valence-electron chi connectivity index (χ1n) is 8.11. The number of nitrogens with zero attached hydrogens (tertiary/aromatic N) is 2. The van der Waals surface area contributed by atoms with Crippen molar-refractivity contribution in [2.45, 2.75) is 13.1 Å². The summed E-state index contributed by atoms with van der Waals surface area (Å²) in [7, 11) is 0. The van der Waals surface area contributed by atoms with Crippen molar-refractivity contribution in [3.8, 4) is 0 Å². The summed E-state index contributed by atoms with van der Waals surface area (Å²) in [5, 5.41) is 0. The van der Waals surface area contributed by atoms with Gasteiger partial charge in [0.2, 0.25) is 0 Å². The maximum absolute atomic E-state index is 12.7. The molecular formula is C19H23N3O. The second-order valence-electron chi connectivity index (χ2n) is 5.92. The van der Waals surface area contributed by atoms with Crippen LogP contribution in [0.4, 0.5) is 0 Å². The Labute approximate surface area is 137 Å². The minimum Gasteiger partial charge on any atom is -0.336 e. The Bertz CT molecular complexity index is 649. The fraction of sp³-hybridized carbons (Fsp3) is 0.316. The van der Waals surface area contributed by atoms with Crippen molar-refractivity contribution < 1.29 is 4.79 Å². The molecule has 4 nitrogen and oxygen atoms in total. The average Bonchev–Trinajstić information content (AvgIpc) is 2.62. The molecule has 1 aliphatic heterocycles. The quantitative estimate of drug-likeness (QED) is 0.941. The second kappa shape index (κ2) is 7.40. The smallest absolute Gasteiger partial charge is 0.254 e. The molecule has 120 valence electrons. The Morgan fingerprint density at radius 1 is 0.913 bits per heavy atom. The van der Waals surface area contributed by atoms with Gasteiger partial charge >= 0.3 is 0 Å². The first-order chi connectivity index (χ1) is 11.3. The molecule has 0 aliphatic carbocycles. The summed E-state index contributed by atoms with van der Waals surface area (Å²) in [6.07, 6.45) is 0. The molecule has 0 saturated carbocycles. The Kier molecular flexibility index (Phi) is 5.05. The van der Waals surface area contributed by atoms with E-state index in [-0.39, 0.29) is 5.91 Å². The molecule has 1 saturated heterocycles. The van der Waals surface area contributed by atoms with E-state index in [0.29, 0.717) is 6.54 Å². The normalized spacial score (nSPS) is 15.6. The second-order valence-corrected chi connectivity index (χ2v) is 5.92. The summed E-state index contributed by atoms with van der Waals surface area (Å²) in [6, 6.07) is 18.1. The molecule has 1 aliphatic rings. The van der Waals surface area contributed by atoms with E-state index in [0.717, 1.165) is 43.9 Å². The zero-order valence-corrected chi connectivity index (χ0v) is 13.3. The number of hydrogen-bond acceptors (Lipinski definition) is 3. The van der Waals surface area contributed by atoms with Gasteiger partial charge in [-0.25, -0.2) is 0 Å². The number of amides is 1. The van der Waals surface area contributed by atoms with Crippen LogP contribution >= 0.6 is 0 Å². The van der Waals surface area contributed by atoms with Crippen LogP contribution in [0.2, 0.25) is 0 Å². The fourth-order valence-corrected chi connectivity index (χ4v) is 3.03. The lowest BCUT2D eigenvalue weighted by Crippen LogP contribution is -2.48. The van der Waals surface area contributed by atoms with E-state index < -0.39 is 0 Å². The molecule has 0 unspecified atom stereocenters. The van der Waals surface area contributed by atoms with Crippen molar-refractivity contribution in [2.75, 3.05) is 26.2 Å². The monoisotopic (exact) mass is 309 g/mol. The minimum atomic E-state index is 0.102. The molecule has 1 fully saturated rings. The molecule has 1 heterocycles. The van der Waals surface area contributed by atoms with Gasteiger partial charge in [-0.3, -0.25) is 9.69 Å². The molecule has 2 N–H and O–H groups in total. The number of benzene rings is 2. The minimum absolute atomic E-state index is 0.102. The van der Waals surface area contributed by atoms with Gasteiger partial charge in [-0.05, 0) is 17.2 Å². The summed E-state index contributed by atoms with van der Waals surface area (Å²) in [4.78, 5) is 17.0. The van der Waals surface area contributed by atoms with Crippen LogP contribution in [-0.4, -0.2) is 41.9 Å². The van der Waals surface area contributed by atoms with Gasteiger partial charge in [0.05, 0.1) is 0 Å². The van der Waals surface area contributed by atoms with Crippen LogP contribution in [-0.2, 0) is 13.1 Å². The van der Waals surface area contributed by atoms with Gasteiger partial charge < -0.3 is 10.6 Å². The Morgan fingerprint density at radius 3 is 2.26 bits per heavy atom. The highest BCUT2D eigenvalue weighted by Crippen LogP contribution is 2.14. The maximum Gasteiger partial charge on any atom is 0.254 e. The van der Waals surface area contributed by atoms with Crippen LogP contribution in [0.25, 0.3) is 0 Å². The summed E-state index contributed by atoms with van der Waals surface area (Å²) >= 11 is 0. The number of carbonyl (C=O) groups excluding carboxylic acids is 1. The number of carbonyl (C=O) groups is 1. The van der Waals surface area contributed by atoms with E-state index in [1.165, 1.54) is 5.56 Å². The topological polar surface area (TPSA) is 49.6 Å². The lowest BCUT2D eigenvalue weighted by molar-refractivity contribution is 0.0627. The van der Waals surface area contributed by atoms with Gasteiger partial charge in [-0.2, -0.15) is 0 Å². The van der Waals surface area contributed by atoms with Crippen LogP contribution in [0.3, 0.4) is 0 Å². The highest BCUT2D eigenvalue weighted by Gasteiger charge is 2.23. The summed E-state index contributed by atoms with van der Waals surface area (Å²) in [5.41, 5.74) is 8.73. The Morgan fingerprint density at radius 2 is 1.57 bits per heavy atom. The van der Waals surface area contributed by atoms with Gasteiger partial charge in [0.15, 0.2) is 0 Å². The first kappa shape index (κ1) is 15.7. The Balaban J connectivity index is 1.59. The van der Waals surface area contributed by atoms with E-state index in [2.05, 4.69) is 29.2 Å². The Hall–Kier alpha value is -2.17. The number of rotatable bonds is 4. The zero-order valence-electron chi connectivity index (χ0n) is 13.3. The predicted molar refractivity (Wildman–Crippen MR) is 92.0 cm³/mol. The third-order valence-electron chi connectivity index (χ3n) is 4.38. The molecule has 0 radical (unpaired) electrons. The highest BCUT2D eigenvalue weighted by molar-refractivity contribution is 5.95. The molecule has 4 heteroatoms. The van der Waals surface area contributed by atoms with Crippen LogP contribution < -0.4 is 5.73 Å².